The summed E-state index contributed by atoms with van der Waals surface area (Å²) in [7, 11) is 0. The van der Waals surface area contributed by atoms with Gasteiger partial charge in [0.25, 0.3) is 0 Å². The van der Waals surface area contributed by atoms with Crippen molar-refractivity contribution < 1.29 is 14.6 Å². The number of carbonyl (C=O) groups is 1. The minimum atomic E-state index is -0.591. The first-order chi connectivity index (χ1) is 12.0. The topological polar surface area (TPSA) is 99.5 Å². The minimum absolute atomic E-state index is 0.0698. The number of rotatable bonds is 7. The summed E-state index contributed by atoms with van der Waals surface area (Å²) in [4.78, 5) is 20.1. The molecule has 0 aromatic carbocycles. The molecule has 3 aliphatic rings. The molecule has 6 nitrogen and oxygen atoms in total. The maximum atomic E-state index is 12.6. The van der Waals surface area contributed by atoms with Gasteiger partial charge in [0.05, 0.1) is 18.6 Å². The van der Waals surface area contributed by atoms with Crippen molar-refractivity contribution in [3.8, 4) is 0 Å². The quantitative estimate of drug-likeness (QED) is 0.372. The molecule has 3 unspecified atom stereocenters. The van der Waals surface area contributed by atoms with Crippen molar-refractivity contribution in [2.75, 3.05) is 6.61 Å². The maximum absolute atomic E-state index is 12.6. The van der Waals surface area contributed by atoms with E-state index in [-0.39, 0.29) is 17.7 Å². The summed E-state index contributed by atoms with van der Waals surface area (Å²) in [5.41, 5.74) is 3.35. The predicted octanol–water partition coefficient (Wildman–Crippen LogP) is 3.28. The number of hydrogen-bond donors (Lipinski definition) is 3. The summed E-state index contributed by atoms with van der Waals surface area (Å²) in [5, 5.41) is 14.2. The van der Waals surface area contributed by atoms with Crippen LogP contribution in [0.3, 0.4) is 0 Å². The van der Waals surface area contributed by atoms with Crippen LogP contribution in [0.5, 0.6) is 0 Å². The van der Waals surface area contributed by atoms with E-state index < -0.39 is 17.2 Å². The molecular weight excluding hydrogens is 320 g/mol. The van der Waals surface area contributed by atoms with Crippen LogP contribution in [0.25, 0.3) is 0 Å². The molecule has 2 fully saturated rings. The second-order valence-electron chi connectivity index (χ2n) is 7.73. The van der Waals surface area contributed by atoms with Crippen LogP contribution in [-0.4, -0.2) is 34.9 Å². The highest BCUT2D eigenvalue weighted by Gasteiger charge is 2.72. The van der Waals surface area contributed by atoms with Gasteiger partial charge in [0.2, 0.25) is 5.91 Å². The molecule has 0 bridgehead atoms. The Morgan fingerprint density at radius 1 is 1.40 bits per heavy atom. The number of amides is 1. The predicted molar refractivity (Wildman–Crippen MR) is 96.1 cm³/mol. The maximum Gasteiger partial charge on any atom is 0.226 e. The minimum Gasteiger partial charge on any atom is -0.390 e. The molecule has 0 spiro atoms. The summed E-state index contributed by atoms with van der Waals surface area (Å²) in [5.74, 6) is 0.0711. The van der Waals surface area contributed by atoms with E-state index in [1.807, 2.05) is 6.92 Å². The monoisotopic (exact) mass is 352 g/mol. The van der Waals surface area contributed by atoms with Crippen LogP contribution in [0, 0.1) is 22.3 Å². The average Bonchev–Trinajstić information content (AvgIpc) is 2.79. The van der Waals surface area contributed by atoms with Crippen molar-refractivity contribution in [2.45, 2.75) is 82.5 Å². The smallest absolute Gasteiger partial charge is 0.226 e. The molecule has 25 heavy (non-hydrogen) atoms. The fraction of sp³-hybridized carbons (Fsp3) is 0.842. The van der Waals surface area contributed by atoms with Crippen LogP contribution >= 0.6 is 0 Å². The third-order valence-electron chi connectivity index (χ3n) is 6.36. The first-order valence-corrected chi connectivity index (χ1v) is 9.56. The van der Waals surface area contributed by atoms with Crippen molar-refractivity contribution in [1.82, 2.24) is 5.32 Å². The molecule has 0 radical (unpaired) electrons. The first-order valence-electron chi connectivity index (χ1n) is 9.56. The summed E-state index contributed by atoms with van der Waals surface area (Å²) >= 11 is 0. The lowest BCUT2D eigenvalue weighted by Gasteiger charge is -2.57. The van der Waals surface area contributed by atoms with E-state index in [1.54, 1.807) is 0 Å². The molecule has 5 atom stereocenters. The van der Waals surface area contributed by atoms with E-state index in [1.165, 1.54) is 12.8 Å². The molecule has 6 heteroatoms. The number of allylic oxidation sites excluding steroid dienone is 1. The van der Waals surface area contributed by atoms with Gasteiger partial charge in [-0.3, -0.25) is 4.79 Å². The summed E-state index contributed by atoms with van der Waals surface area (Å²) in [6, 6.07) is 0. The molecule has 3 N–H and O–H groups in total. The lowest BCUT2D eigenvalue weighted by molar-refractivity contribution is -0.254. The first kappa shape index (κ1) is 20.0. The van der Waals surface area contributed by atoms with Crippen molar-refractivity contribution in [3.63, 3.8) is 0 Å². The molecule has 2 aliphatic heterocycles. The second-order valence-corrected chi connectivity index (χ2v) is 7.73. The molecule has 3 rings (SSSR count). The van der Waals surface area contributed by atoms with Gasteiger partial charge in [0, 0.05) is 5.92 Å². The number of aliphatic hydroxyl groups is 1. The van der Waals surface area contributed by atoms with Crippen LogP contribution in [-0.2, 0) is 9.53 Å². The number of nitroso groups, excluding NO2 is 1. The van der Waals surface area contributed by atoms with Gasteiger partial charge in [-0.15, -0.1) is 0 Å². The number of aliphatic hydroxyl groups excluding tert-OH is 1. The molecule has 0 saturated carbocycles. The molecule has 2 heterocycles. The number of carbonyl (C=O) groups excluding carboxylic acids is 1. The van der Waals surface area contributed by atoms with Gasteiger partial charge in [-0.25, -0.2) is 0 Å². The fourth-order valence-corrected chi connectivity index (χ4v) is 4.69. The van der Waals surface area contributed by atoms with Gasteiger partial charge in [-0.2, -0.15) is 4.91 Å². The second kappa shape index (κ2) is 8.41. The highest BCUT2D eigenvalue weighted by atomic mass is 16.5. The summed E-state index contributed by atoms with van der Waals surface area (Å²) in [6.45, 7) is 4.65. The number of fused-ring (bicyclic) bond motifs is 1. The Labute approximate surface area is 150 Å². The molecule has 1 amide bonds. The van der Waals surface area contributed by atoms with Crippen LogP contribution < -0.4 is 5.32 Å². The zero-order valence-electron chi connectivity index (χ0n) is 15.4. The van der Waals surface area contributed by atoms with Gasteiger partial charge in [-0.05, 0) is 32.6 Å². The molecule has 2 saturated heterocycles. The van der Waals surface area contributed by atoms with E-state index >= 15 is 0 Å². The molecule has 0 aromatic rings. The normalized spacial score (nSPS) is 37.3. The number of hydrogen-bond acceptors (Lipinski definition) is 5. The van der Waals surface area contributed by atoms with E-state index in [0.717, 1.165) is 38.5 Å². The van der Waals surface area contributed by atoms with Gasteiger partial charge in [0.15, 0.2) is 0 Å². The number of unbranched alkanes of at least 4 members (excludes halogenated alkanes) is 3. The van der Waals surface area contributed by atoms with Crippen LogP contribution in [0.4, 0.5) is 0 Å². The Balaban J connectivity index is 0.00000109. The Bertz CT molecular complexity index is 498. The third kappa shape index (κ3) is 3.38. The lowest BCUT2D eigenvalue weighted by Crippen LogP contribution is -2.77. The van der Waals surface area contributed by atoms with Gasteiger partial charge in [0.1, 0.15) is 11.1 Å². The van der Waals surface area contributed by atoms with Crippen molar-refractivity contribution >= 4 is 5.91 Å². The van der Waals surface area contributed by atoms with Crippen molar-refractivity contribution in [2.24, 2.45) is 11.8 Å². The van der Waals surface area contributed by atoms with Gasteiger partial charge in [-0.1, -0.05) is 50.4 Å². The number of nitrogens with one attached hydrogen (secondary N) is 2. The van der Waals surface area contributed by atoms with Gasteiger partial charge < -0.3 is 15.2 Å². The Hall–Kier alpha value is -1.27. The molecule has 1 aliphatic carbocycles. The van der Waals surface area contributed by atoms with Crippen molar-refractivity contribution in [1.29, 1.82) is 5.59 Å². The fourth-order valence-electron chi connectivity index (χ4n) is 4.69. The average molecular weight is 352 g/mol. The third-order valence-corrected chi connectivity index (χ3v) is 6.36. The number of ether oxygens (including phenoxy) is 1. The van der Waals surface area contributed by atoms with Crippen molar-refractivity contribution in [3.05, 3.63) is 17.1 Å². The SMILES string of the molecule is CCCCCCC1C(=O)N[C@@]2(C(O)C3C=CCCC3)CO[C@@]12C.N=O. The molecule has 0 aromatic heterocycles. The Morgan fingerprint density at radius 2 is 2.16 bits per heavy atom. The lowest BCUT2D eigenvalue weighted by atomic mass is 9.65. The van der Waals surface area contributed by atoms with E-state index in [2.05, 4.69) is 30.0 Å². The summed E-state index contributed by atoms with van der Waals surface area (Å²) < 4.78 is 5.93. The van der Waals surface area contributed by atoms with Gasteiger partial charge >= 0.3 is 0 Å². The van der Waals surface area contributed by atoms with Crippen LogP contribution in [0.15, 0.2) is 12.2 Å². The van der Waals surface area contributed by atoms with E-state index in [4.69, 9.17) is 9.64 Å². The summed E-state index contributed by atoms with van der Waals surface area (Å²) in [6.07, 6.45) is 12.4. The standard InChI is InChI=1S/C19H31NO3.HNO/c1-3-4-5-9-12-15-17(22)20-19(13-23-18(15,19)2)16(21)14-10-7-6-8-11-14;1-2/h7,10,14-16,21H,3-6,8-9,11-13H2,1-2H3,(H,20,22);1H/t14?,15?,16?,18-,19+;/m0./s1. The molecule has 142 valence electrons. The van der Waals surface area contributed by atoms with Crippen LogP contribution in [0.1, 0.15) is 65.2 Å². The van der Waals surface area contributed by atoms with Crippen LogP contribution in [0.2, 0.25) is 0 Å². The Kier molecular flexibility index (Phi) is 6.74. The zero-order chi connectivity index (χ0) is 18.5. The zero-order valence-corrected chi connectivity index (χ0v) is 15.4. The van der Waals surface area contributed by atoms with E-state index in [9.17, 15) is 9.90 Å². The highest BCUT2D eigenvalue weighted by molar-refractivity contribution is 5.85. The van der Waals surface area contributed by atoms with E-state index in [0.29, 0.717) is 6.61 Å². The Morgan fingerprint density at radius 3 is 2.72 bits per heavy atom. The molecular formula is C19H32N2O4. The largest absolute Gasteiger partial charge is 0.390 e. The highest BCUT2D eigenvalue weighted by Crippen LogP contribution is 2.52.